The van der Waals surface area contributed by atoms with Gasteiger partial charge in [-0.3, -0.25) is 9.59 Å². The second kappa shape index (κ2) is 6.69. The van der Waals surface area contributed by atoms with E-state index in [1.165, 1.54) is 12.1 Å². The lowest BCUT2D eigenvalue weighted by Crippen LogP contribution is -2.29. The zero-order valence-electron chi connectivity index (χ0n) is 12.0. The molecule has 0 radical (unpaired) electrons. The minimum absolute atomic E-state index is 0.0222. The van der Waals surface area contributed by atoms with Crippen molar-refractivity contribution < 1.29 is 9.21 Å². The van der Waals surface area contributed by atoms with Crippen LogP contribution in [0.5, 0.6) is 0 Å². The van der Waals surface area contributed by atoms with Gasteiger partial charge in [-0.25, -0.2) is 4.98 Å². The van der Waals surface area contributed by atoms with E-state index in [4.69, 9.17) is 4.42 Å². The van der Waals surface area contributed by atoms with Gasteiger partial charge in [-0.2, -0.15) is 0 Å². The van der Waals surface area contributed by atoms with E-state index in [0.717, 1.165) is 11.4 Å². The van der Waals surface area contributed by atoms with Crippen molar-refractivity contribution in [3.63, 3.8) is 0 Å². The minimum Gasteiger partial charge on any atom is -0.456 e. The molecular weight excluding hydrogens is 270 g/mol. The van der Waals surface area contributed by atoms with Gasteiger partial charge >= 0.3 is 0 Å². The molecule has 2 aromatic rings. The van der Waals surface area contributed by atoms with Gasteiger partial charge < -0.3 is 15.1 Å². The van der Waals surface area contributed by atoms with Gasteiger partial charge in [0.25, 0.3) is 5.91 Å². The van der Waals surface area contributed by atoms with E-state index in [9.17, 15) is 9.59 Å². The summed E-state index contributed by atoms with van der Waals surface area (Å²) in [4.78, 5) is 27.3. The van der Waals surface area contributed by atoms with Crippen LogP contribution in [0.3, 0.4) is 0 Å². The van der Waals surface area contributed by atoms with Crippen LogP contribution in [0.25, 0.3) is 0 Å². The minimum atomic E-state index is -0.407. The normalized spacial score (nSPS) is 10.2. The molecule has 2 rings (SSSR count). The molecule has 0 saturated carbocycles. The second-order valence-electron chi connectivity index (χ2n) is 4.62. The fraction of sp³-hybridized carbons (Fsp3) is 0.267. The summed E-state index contributed by atoms with van der Waals surface area (Å²) >= 11 is 0. The number of amides is 1. The molecule has 0 aliphatic rings. The lowest BCUT2D eigenvalue weighted by molar-refractivity contribution is 0.0923. The Hall–Kier alpha value is -2.63. The van der Waals surface area contributed by atoms with Crippen molar-refractivity contribution >= 4 is 11.7 Å². The molecule has 0 saturated heterocycles. The first-order valence-corrected chi connectivity index (χ1v) is 6.62. The number of pyridine rings is 1. The van der Waals surface area contributed by atoms with Crippen molar-refractivity contribution in [3.8, 4) is 0 Å². The van der Waals surface area contributed by atoms with Gasteiger partial charge in [-0.1, -0.05) is 6.07 Å². The average molecular weight is 287 g/mol. The molecule has 0 bridgehead atoms. The Morgan fingerprint density at radius 3 is 2.81 bits per heavy atom. The van der Waals surface area contributed by atoms with Crippen LogP contribution in [0.4, 0.5) is 5.82 Å². The maximum absolute atomic E-state index is 11.8. The first-order valence-electron chi connectivity index (χ1n) is 6.62. The van der Waals surface area contributed by atoms with Crippen LogP contribution in [0.2, 0.25) is 0 Å². The van der Waals surface area contributed by atoms with Crippen LogP contribution >= 0.6 is 0 Å². The van der Waals surface area contributed by atoms with Crippen molar-refractivity contribution in [1.29, 1.82) is 0 Å². The number of carbonyl (C=O) groups excluding carboxylic acids is 1. The first kappa shape index (κ1) is 14.8. The number of nitrogens with one attached hydrogen (secondary N) is 2. The molecule has 0 fully saturated rings. The quantitative estimate of drug-likeness (QED) is 0.814. The fourth-order valence-electron chi connectivity index (χ4n) is 1.83. The van der Waals surface area contributed by atoms with Gasteiger partial charge in [0, 0.05) is 31.4 Å². The van der Waals surface area contributed by atoms with E-state index < -0.39 is 5.91 Å². The predicted molar refractivity (Wildman–Crippen MR) is 79.5 cm³/mol. The van der Waals surface area contributed by atoms with Crippen molar-refractivity contribution in [1.82, 2.24) is 10.3 Å². The maximum Gasteiger partial charge on any atom is 0.287 e. The Kier molecular flexibility index (Phi) is 4.71. The van der Waals surface area contributed by atoms with Crippen LogP contribution in [0.15, 0.2) is 39.7 Å². The van der Waals surface area contributed by atoms with Crippen LogP contribution in [-0.2, 0) is 0 Å². The third-order valence-electron chi connectivity index (χ3n) is 2.83. The van der Waals surface area contributed by atoms with Crippen molar-refractivity contribution in [2.45, 2.75) is 13.8 Å². The van der Waals surface area contributed by atoms with Gasteiger partial charge in [-0.05, 0) is 25.5 Å². The fourth-order valence-corrected chi connectivity index (χ4v) is 1.83. The molecule has 6 heteroatoms. The van der Waals surface area contributed by atoms with Gasteiger partial charge in [-0.15, -0.1) is 0 Å². The van der Waals surface area contributed by atoms with E-state index in [1.807, 2.05) is 19.1 Å². The smallest absolute Gasteiger partial charge is 0.287 e. The highest BCUT2D eigenvalue weighted by molar-refractivity contribution is 5.91. The summed E-state index contributed by atoms with van der Waals surface area (Å²) in [5.74, 6) is 0.813. The maximum atomic E-state index is 11.8. The molecule has 1 amide bonds. The van der Waals surface area contributed by atoms with Gasteiger partial charge in [0.15, 0.2) is 11.2 Å². The molecule has 2 aromatic heterocycles. The zero-order chi connectivity index (χ0) is 15.2. The predicted octanol–water partition coefficient (Wildman–Crippen LogP) is 1.49. The lowest BCUT2D eigenvalue weighted by atomic mass is 10.3. The van der Waals surface area contributed by atoms with Gasteiger partial charge in [0.2, 0.25) is 0 Å². The number of nitrogens with zero attached hydrogens (tertiary/aromatic N) is 1. The highest BCUT2D eigenvalue weighted by atomic mass is 16.3. The summed E-state index contributed by atoms with van der Waals surface area (Å²) in [6.07, 6.45) is 1.70. The third-order valence-corrected chi connectivity index (χ3v) is 2.83. The van der Waals surface area contributed by atoms with Crippen LogP contribution in [0.1, 0.15) is 21.9 Å². The standard InChI is InChI=1S/C15H17N3O3/c1-10-4-3-5-16-14(10)17-6-7-18-15(20)13-9-12(19)8-11(2)21-13/h3-5,8-9H,6-7H2,1-2H3,(H,16,17)(H,18,20). The molecular formula is C15H17N3O3. The van der Waals surface area contributed by atoms with Gasteiger partial charge in [0.1, 0.15) is 11.6 Å². The molecule has 0 atom stereocenters. The largest absolute Gasteiger partial charge is 0.456 e. The molecule has 0 aliphatic heterocycles. The SMILES string of the molecule is Cc1cc(=O)cc(C(=O)NCCNc2ncccc2C)o1. The van der Waals surface area contributed by atoms with Gasteiger partial charge in [0.05, 0.1) is 0 Å². The Balaban J connectivity index is 1.85. The Morgan fingerprint density at radius 2 is 2.10 bits per heavy atom. The molecule has 0 spiro atoms. The third kappa shape index (κ3) is 4.17. The number of hydrogen-bond acceptors (Lipinski definition) is 5. The van der Waals surface area contributed by atoms with Crippen molar-refractivity contribution in [2.75, 3.05) is 18.4 Å². The second-order valence-corrected chi connectivity index (χ2v) is 4.62. The molecule has 0 aliphatic carbocycles. The zero-order valence-corrected chi connectivity index (χ0v) is 12.0. The number of aromatic nitrogens is 1. The molecule has 2 N–H and O–H groups in total. The monoisotopic (exact) mass is 287 g/mol. The molecule has 6 nitrogen and oxygen atoms in total. The topological polar surface area (TPSA) is 84.2 Å². The van der Waals surface area contributed by atoms with Crippen molar-refractivity contribution in [3.05, 3.63) is 57.8 Å². The Bertz CT molecular complexity index is 695. The van der Waals surface area contributed by atoms with Crippen LogP contribution in [0, 0.1) is 13.8 Å². The Morgan fingerprint density at radius 1 is 1.29 bits per heavy atom. The summed E-state index contributed by atoms with van der Waals surface area (Å²) in [6.45, 7) is 4.51. The van der Waals surface area contributed by atoms with E-state index in [1.54, 1.807) is 13.1 Å². The summed E-state index contributed by atoms with van der Waals surface area (Å²) in [7, 11) is 0. The molecule has 2 heterocycles. The summed E-state index contributed by atoms with van der Waals surface area (Å²) < 4.78 is 5.21. The average Bonchev–Trinajstić information content (AvgIpc) is 2.44. The highest BCUT2D eigenvalue weighted by Crippen LogP contribution is 2.07. The van der Waals surface area contributed by atoms with E-state index in [2.05, 4.69) is 15.6 Å². The summed E-state index contributed by atoms with van der Waals surface area (Å²) in [6, 6.07) is 6.33. The molecule has 0 unspecified atom stereocenters. The van der Waals surface area contributed by atoms with E-state index >= 15 is 0 Å². The van der Waals surface area contributed by atoms with Crippen LogP contribution in [-0.4, -0.2) is 24.0 Å². The molecule has 110 valence electrons. The number of anilines is 1. The van der Waals surface area contributed by atoms with E-state index in [-0.39, 0.29) is 11.2 Å². The number of carbonyl (C=O) groups is 1. The molecule has 0 aromatic carbocycles. The number of rotatable bonds is 5. The summed E-state index contributed by atoms with van der Waals surface area (Å²) in [5.41, 5.74) is 0.791. The lowest BCUT2D eigenvalue weighted by Gasteiger charge is -2.09. The number of aryl methyl sites for hydroxylation is 2. The van der Waals surface area contributed by atoms with Crippen molar-refractivity contribution in [2.24, 2.45) is 0 Å². The summed E-state index contributed by atoms with van der Waals surface area (Å²) in [5, 5.41) is 5.81. The highest BCUT2D eigenvalue weighted by Gasteiger charge is 2.09. The first-order chi connectivity index (χ1) is 10.1. The Labute approximate surface area is 122 Å². The van der Waals surface area contributed by atoms with E-state index in [0.29, 0.717) is 18.8 Å². The number of hydrogen-bond donors (Lipinski definition) is 2. The molecule has 21 heavy (non-hydrogen) atoms. The van der Waals surface area contributed by atoms with Crippen LogP contribution < -0.4 is 16.1 Å².